The molecule has 0 atom stereocenters. The monoisotopic (exact) mass is 603 g/mol. The summed E-state index contributed by atoms with van der Waals surface area (Å²) >= 11 is 0. The molecule has 0 fully saturated rings. The van der Waals surface area contributed by atoms with Crippen molar-refractivity contribution in [2.45, 2.75) is 80.1 Å². The molecule has 0 spiro atoms. The van der Waals surface area contributed by atoms with E-state index in [9.17, 15) is 0 Å². The fourth-order valence-electron chi connectivity index (χ4n) is 7.85. The molecular weight excluding hydrogens is 561 g/mol. The molecule has 0 aliphatic carbocycles. The molecule has 0 amide bonds. The summed E-state index contributed by atoms with van der Waals surface area (Å²) in [6, 6.07) is 27.3. The summed E-state index contributed by atoms with van der Waals surface area (Å²) in [5.41, 5.74) is 14.8. The predicted octanol–water partition coefficient (Wildman–Crippen LogP) is 9.34. The zero-order valence-corrected chi connectivity index (χ0v) is 28.8. The second-order valence-electron chi connectivity index (χ2n) is 15.8. The van der Waals surface area contributed by atoms with Gasteiger partial charge in [0.25, 0.3) is 6.71 Å². The number of ether oxygens (including phenoxy) is 2. The Morgan fingerprint density at radius 3 is 1.37 bits per heavy atom. The van der Waals surface area contributed by atoms with Crippen LogP contribution in [0.2, 0.25) is 0 Å². The highest BCUT2D eigenvalue weighted by Crippen LogP contribution is 2.42. The second-order valence-corrected chi connectivity index (χ2v) is 15.8. The van der Waals surface area contributed by atoms with Gasteiger partial charge in [0.15, 0.2) is 0 Å². The summed E-state index contributed by atoms with van der Waals surface area (Å²) in [7, 11) is 0. The number of rotatable bonds is 1. The van der Waals surface area contributed by atoms with Gasteiger partial charge in [-0.15, -0.1) is 0 Å². The first-order valence-electron chi connectivity index (χ1n) is 16.5. The van der Waals surface area contributed by atoms with Gasteiger partial charge in [0.1, 0.15) is 23.0 Å². The largest absolute Gasteiger partial charge is 0.458 e. The van der Waals surface area contributed by atoms with Crippen molar-refractivity contribution in [3.63, 3.8) is 0 Å². The fraction of sp³-hybridized carbons (Fsp3) is 0.286. The average molecular weight is 604 g/mol. The van der Waals surface area contributed by atoms with Crippen LogP contribution in [0.3, 0.4) is 0 Å². The normalized spacial score (nSPS) is 13.7. The van der Waals surface area contributed by atoms with E-state index in [0.717, 1.165) is 34.1 Å². The SMILES string of the molecule is Cc1cc(C)c2c(c1)c1cc(C)cc(C)c1n2-c1cc2c3c(c1)Oc1ccc(C(C)(C)C)cc1B3c1cc(C(C)(C)C)ccc1O2. The zero-order chi connectivity index (χ0) is 32.4. The van der Waals surface area contributed by atoms with Crippen molar-refractivity contribution >= 4 is 44.9 Å². The van der Waals surface area contributed by atoms with E-state index in [1.165, 1.54) is 66.1 Å². The van der Waals surface area contributed by atoms with E-state index in [0.29, 0.717) is 0 Å². The molecule has 1 aromatic heterocycles. The molecule has 2 aliphatic heterocycles. The number of benzene rings is 5. The van der Waals surface area contributed by atoms with Crippen molar-refractivity contribution in [1.29, 1.82) is 0 Å². The highest BCUT2D eigenvalue weighted by molar-refractivity contribution is 6.98. The molecule has 230 valence electrons. The Bertz CT molecular complexity index is 2120. The van der Waals surface area contributed by atoms with E-state index in [4.69, 9.17) is 9.47 Å². The highest BCUT2D eigenvalue weighted by Gasteiger charge is 2.41. The van der Waals surface area contributed by atoms with E-state index in [-0.39, 0.29) is 17.5 Å². The third kappa shape index (κ3) is 4.26. The molecule has 46 heavy (non-hydrogen) atoms. The third-order valence-electron chi connectivity index (χ3n) is 10.1. The maximum absolute atomic E-state index is 6.87. The van der Waals surface area contributed by atoms with Crippen LogP contribution < -0.4 is 25.9 Å². The van der Waals surface area contributed by atoms with Gasteiger partial charge in [0.2, 0.25) is 0 Å². The van der Waals surface area contributed by atoms with Crippen LogP contribution in [0, 0.1) is 27.7 Å². The zero-order valence-electron chi connectivity index (χ0n) is 28.8. The van der Waals surface area contributed by atoms with Crippen LogP contribution in [0.4, 0.5) is 0 Å². The Hall–Kier alpha value is -4.44. The van der Waals surface area contributed by atoms with Crippen molar-refractivity contribution in [2.24, 2.45) is 0 Å². The van der Waals surface area contributed by atoms with Crippen molar-refractivity contribution in [3.05, 3.63) is 106 Å². The maximum Gasteiger partial charge on any atom is 0.260 e. The number of aromatic nitrogens is 1. The lowest BCUT2D eigenvalue weighted by molar-refractivity contribution is 0.463. The molecule has 0 radical (unpaired) electrons. The minimum absolute atomic E-state index is 0.0167. The average Bonchev–Trinajstić information content (AvgIpc) is 3.30. The minimum atomic E-state index is 0.0167. The molecule has 5 aromatic carbocycles. The molecule has 6 aromatic rings. The van der Waals surface area contributed by atoms with Crippen molar-refractivity contribution in [1.82, 2.24) is 4.57 Å². The summed E-state index contributed by atoms with van der Waals surface area (Å²) in [6.07, 6.45) is 0. The molecule has 3 heterocycles. The smallest absolute Gasteiger partial charge is 0.260 e. The number of fused-ring (bicyclic) bond motifs is 7. The predicted molar refractivity (Wildman–Crippen MR) is 195 cm³/mol. The van der Waals surface area contributed by atoms with E-state index >= 15 is 0 Å². The van der Waals surface area contributed by atoms with Crippen molar-refractivity contribution < 1.29 is 9.47 Å². The van der Waals surface area contributed by atoms with Gasteiger partial charge < -0.3 is 14.0 Å². The summed E-state index contributed by atoms with van der Waals surface area (Å²) in [4.78, 5) is 0. The molecule has 3 nitrogen and oxygen atoms in total. The van der Waals surface area contributed by atoms with Gasteiger partial charge in [0, 0.05) is 28.4 Å². The van der Waals surface area contributed by atoms with Gasteiger partial charge in [-0.2, -0.15) is 0 Å². The van der Waals surface area contributed by atoms with Crippen LogP contribution in [0.25, 0.3) is 27.5 Å². The van der Waals surface area contributed by atoms with E-state index < -0.39 is 0 Å². The Morgan fingerprint density at radius 1 is 0.522 bits per heavy atom. The Morgan fingerprint density at radius 2 is 0.957 bits per heavy atom. The summed E-state index contributed by atoms with van der Waals surface area (Å²) in [5.74, 6) is 3.57. The Balaban J connectivity index is 1.43. The lowest BCUT2D eigenvalue weighted by Crippen LogP contribution is -2.57. The van der Waals surface area contributed by atoms with E-state index in [2.05, 4.69) is 147 Å². The molecule has 2 aliphatic rings. The van der Waals surface area contributed by atoms with Gasteiger partial charge in [-0.1, -0.05) is 89.1 Å². The van der Waals surface area contributed by atoms with Gasteiger partial charge in [-0.3, -0.25) is 0 Å². The van der Waals surface area contributed by atoms with Gasteiger partial charge in [-0.05, 0) is 96.0 Å². The van der Waals surface area contributed by atoms with Gasteiger partial charge >= 0.3 is 0 Å². The van der Waals surface area contributed by atoms with E-state index in [1.807, 2.05) is 0 Å². The number of hydrogen-bond acceptors (Lipinski definition) is 2. The number of nitrogens with zero attached hydrogens (tertiary/aromatic N) is 1. The van der Waals surface area contributed by atoms with Crippen molar-refractivity contribution in [2.75, 3.05) is 0 Å². The van der Waals surface area contributed by atoms with Crippen molar-refractivity contribution in [3.8, 4) is 28.7 Å². The summed E-state index contributed by atoms with van der Waals surface area (Å²) in [6.45, 7) is 22.5. The van der Waals surface area contributed by atoms with Crippen LogP contribution in [0.15, 0.2) is 72.8 Å². The van der Waals surface area contributed by atoms with Crippen LogP contribution in [0.5, 0.6) is 23.0 Å². The van der Waals surface area contributed by atoms with Crippen LogP contribution in [-0.4, -0.2) is 11.3 Å². The maximum atomic E-state index is 6.87. The number of aryl methyl sites for hydroxylation is 4. The lowest BCUT2D eigenvalue weighted by atomic mass is 9.34. The standard InChI is InChI=1S/C42H42BNO2/c1-23-15-25(3)39-30(17-23)31-18-24(2)16-26(4)40(31)44(39)29-21-36-38-37(22-29)46-35-14-12-28(42(8,9)10)20-33(35)43(38)32-19-27(41(5,6)7)11-13-34(32)45-36/h11-22H,1-10H3. The Labute approximate surface area is 273 Å². The summed E-state index contributed by atoms with van der Waals surface area (Å²) < 4.78 is 16.2. The topological polar surface area (TPSA) is 23.4 Å². The third-order valence-corrected chi connectivity index (χ3v) is 10.1. The van der Waals surface area contributed by atoms with Gasteiger partial charge in [-0.25, -0.2) is 0 Å². The molecule has 0 N–H and O–H groups in total. The highest BCUT2D eigenvalue weighted by atomic mass is 16.5. The van der Waals surface area contributed by atoms with E-state index in [1.54, 1.807) is 0 Å². The molecular formula is C42H42BNO2. The number of hydrogen-bond donors (Lipinski definition) is 0. The summed E-state index contributed by atoms with van der Waals surface area (Å²) in [5, 5.41) is 2.57. The first kappa shape index (κ1) is 29.0. The molecule has 0 unspecified atom stereocenters. The first-order chi connectivity index (χ1) is 21.7. The first-order valence-corrected chi connectivity index (χ1v) is 16.5. The van der Waals surface area contributed by atoms with Crippen LogP contribution in [-0.2, 0) is 10.8 Å². The fourth-order valence-corrected chi connectivity index (χ4v) is 7.85. The quantitative estimate of drug-likeness (QED) is 0.175. The van der Waals surface area contributed by atoms with Gasteiger partial charge in [0.05, 0.1) is 16.7 Å². The minimum Gasteiger partial charge on any atom is -0.458 e. The van der Waals surface area contributed by atoms with Crippen LogP contribution >= 0.6 is 0 Å². The molecule has 8 rings (SSSR count). The molecule has 0 saturated carbocycles. The molecule has 0 saturated heterocycles. The second kappa shape index (κ2) is 9.54. The molecule has 0 bridgehead atoms. The van der Waals surface area contributed by atoms with Crippen LogP contribution in [0.1, 0.15) is 74.9 Å². The molecule has 4 heteroatoms. The lowest BCUT2D eigenvalue weighted by Gasteiger charge is -2.35. The Kier molecular flexibility index (Phi) is 6.02.